The summed E-state index contributed by atoms with van der Waals surface area (Å²) in [6.07, 6.45) is 0.681. The van der Waals surface area contributed by atoms with Crippen LogP contribution < -0.4 is 4.74 Å². The number of phenols is 1. The molecule has 0 unspecified atom stereocenters. The molecule has 2 rings (SSSR count). The van der Waals surface area contributed by atoms with Gasteiger partial charge in [0, 0.05) is 5.56 Å². The van der Waals surface area contributed by atoms with Gasteiger partial charge < -0.3 is 9.84 Å². The molecule has 0 aliphatic heterocycles. The smallest absolute Gasteiger partial charge is 0.165 e. The second-order valence-corrected chi connectivity index (χ2v) is 3.69. The Bertz CT molecular complexity index is 567. The van der Waals surface area contributed by atoms with Crippen LogP contribution >= 0.6 is 0 Å². The first-order valence-electron chi connectivity index (χ1n) is 5.35. The standard InChI is InChI=1S/C14H11FO3/c15-12-6-3-5-11(14(12)17)9-18-13-7-2-1-4-10(13)8-16/h1-8,17H,9H2. The molecule has 0 radical (unpaired) electrons. The lowest BCUT2D eigenvalue weighted by molar-refractivity contribution is 0.111. The summed E-state index contributed by atoms with van der Waals surface area (Å²) in [5, 5.41) is 9.48. The number of para-hydroxylation sites is 2. The Labute approximate surface area is 103 Å². The van der Waals surface area contributed by atoms with Crippen molar-refractivity contribution in [1.82, 2.24) is 0 Å². The second-order valence-electron chi connectivity index (χ2n) is 3.69. The summed E-state index contributed by atoms with van der Waals surface area (Å²) in [5.41, 5.74) is 0.740. The number of aldehydes is 1. The summed E-state index contributed by atoms with van der Waals surface area (Å²) in [6.45, 7) is -0.00551. The van der Waals surface area contributed by atoms with Gasteiger partial charge in [-0.2, -0.15) is 0 Å². The quantitative estimate of drug-likeness (QED) is 0.844. The van der Waals surface area contributed by atoms with Crippen LogP contribution in [0.25, 0.3) is 0 Å². The van der Waals surface area contributed by atoms with Crippen LogP contribution in [0.15, 0.2) is 42.5 Å². The lowest BCUT2D eigenvalue weighted by atomic mass is 10.2. The van der Waals surface area contributed by atoms with Crippen molar-refractivity contribution in [2.75, 3.05) is 0 Å². The van der Waals surface area contributed by atoms with Crippen molar-refractivity contribution < 1.29 is 19.0 Å². The molecular formula is C14H11FO3. The predicted octanol–water partition coefficient (Wildman–Crippen LogP) is 2.92. The number of carbonyl (C=O) groups excluding carboxylic acids is 1. The Morgan fingerprint density at radius 2 is 1.94 bits per heavy atom. The first kappa shape index (κ1) is 12.1. The number of aromatic hydroxyl groups is 1. The lowest BCUT2D eigenvalue weighted by Crippen LogP contribution is -1.99. The highest BCUT2D eigenvalue weighted by Gasteiger charge is 2.08. The van der Waals surface area contributed by atoms with Crippen LogP contribution in [0.4, 0.5) is 4.39 Å². The summed E-state index contributed by atoms with van der Waals surface area (Å²) in [4.78, 5) is 10.8. The molecule has 0 aliphatic rings. The number of phenolic OH excluding ortho intramolecular Hbond substituents is 1. The Morgan fingerprint density at radius 1 is 1.17 bits per heavy atom. The average Bonchev–Trinajstić information content (AvgIpc) is 2.41. The zero-order valence-electron chi connectivity index (χ0n) is 9.47. The molecule has 92 valence electrons. The monoisotopic (exact) mass is 246 g/mol. The van der Waals surface area contributed by atoms with Crippen LogP contribution in [0.2, 0.25) is 0 Å². The van der Waals surface area contributed by atoms with Crippen LogP contribution in [-0.2, 0) is 6.61 Å². The van der Waals surface area contributed by atoms with Gasteiger partial charge in [0.1, 0.15) is 12.4 Å². The molecule has 1 N–H and O–H groups in total. The van der Waals surface area contributed by atoms with Gasteiger partial charge in [0.25, 0.3) is 0 Å². The molecule has 18 heavy (non-hydrogen) atoms. The molecule has 0 aliphatic carbocycles. The van der Waals surface area contributed by atoms with Crippen LogP contribution in [0.3, 0.4) is 0 Å². The van der Waals surface area contributed by atoms with Gasteiger partial charge in [0.05, 0.1) is 5.56 Å². The molecule has 0 saturated carbocycles. The maximum atomic E-state index is 13.1. The molecular weight excluding hydrogens is 235 g/mol. The Balaban J connectivity index is 2.16. The number of carbonyl (C=O) groups is 1. The first-order valence-corrected chi connectivity index (χ1v) is 5.35. The summed E-state index contributed by atoms with van der Waals surface area (Å²) >= 11 is 0. The van der Waals surface area contributed by atoms with E-state index in [4.69, 9.17) is 4.74 Å². The fourth-order valence-corrected chi connectivity index (χ4v) is 1.54. The molecule has 0 fully saturated rings. The van der Waals surface area contributed by atoms with E-state index in [-0.39, 0.29) is 6.61 Å². The number of hydrogen-bond acceptors (Lipinski definition) is 3. The highest BCUT2D eigenvalue weighted by atomic mass is 19.1. The van der Waals surface area contributed by atoms with Crippen molar-refractivity contribution >= 4 is 6.29 Å². The number of ether oxygens (including phenoxy) is 1. The normalized spacial score (nSPS) is 10.1. The maximum Gasteiger partial charge on any atom is 0.165 e. The van der Waals surface area contributed by atoms with Crippen molar-refractivity contribution in [3.63, 3.8) is 0 Å². The molecule has 2 aromatic rings. The van der Waals surface area contributed by atoms with Crippen molar-refractivity contribution in [3.05, 3.63) is 59.4 Å². The van der Waals surface area contributed by atoms with Gasteiger partial charge in [-0.3, -0.25) is 4.79 Å². The van der Waals surface area contributed by atoms with Gasteiger partial charge in [-0.15, -0.1) is 0 Å². The molecule has 0 aromatic heterocycles. The van der Waals surface area contributed by atoms with E-state index in [0.717, 1.165) is 6.07 Å². The average molecular weight is 246 g/mol. The first-order chi connectivity index (χ1) is 8.72. The minimum atomic E-state index is -0.695. The molecule has 0 amide bonds. The van der Waals surface area contributed by atoms with Gasteiger partial charge in [0.15, 0.2) is 17.9 Å². The Morgan fingerprint density at radius 3 is 2.72 bits per heavy atom. The van der Waals surface area contributed by atoms with Gasteiger partial charge in [-0.25, -0.2) is 4.39 Å². The Hall–Kier alpha value is -2.36. The zero-order chi connectivity index (χ0) is 13.0. The fourth-order valence-electron chi connectivity index (χ4n) is 1.54. The highest BCUT2D eigenvalue weighted by molar-refractivity contribution is 5.79. The van der Waals surface area contributed by atoms with Crippen molar-refractivity contribution in [2.45, 2.75) is 6.61 Å². The third-order valence-corrected chi connectivity index (χ3v) is 2.50. The van der Waals surface area contributed by atoms with Gasteiger partial charge in [-0.1, -0.05) is 24.3 Å². The SMILES string of the molecule is O=Cc1ccccc1OCc1cccc(F)c1O. The second kappa shape index (κ2) is 5.31. The molecule has 0 heterocycles. The molecule has 2 aromatic carbocycles. The maximum absolute atomic E-state index is 13.1. The van der Waals surface area contributed by atoms with Crippen LogP contribution in [-0.4, -0.2) is 11.4 Å². The number of hydrogen-bond donors (Lipinski definition) is 1. The van der Waals surface area contributed by atoms with Crippen molar-refractivity contribution in [1.29, 1.82) is 0 Å². The molecule has 0 atom stereocenters. The largest absolute Gasteiger partial charge is 0.505 e. The highest BCUT2D eigenvalue weighted by Crippen LogP contribution is 2.23. The van der Waals surface area contributed by atoms with E-state index in [1.165, 1.54) is 6.07 Å². The lowest BCUT2D eigenvalue weighted by Gasteiger charge is -2.09. The Kier molecular flexibility index (Phi) is 3.57. The number of benzene rings is 2. The van der Waals surface area contributed by atoms with E-state index in [0.29, 0.717) is 23.2 Å². The van der Waals surface area contributed by atoms with Gasteiger partial charge in [0.2, 0.25) is 0 Å². The van der Waals surface area contributed by atoms with E-state index < -0.39 is 11.6 Å². The van der Waals surface area contributed by atoms with Crippen LogP contribution in [0.5, 0.6) is 11.5 Å². The molecule has 0 bridgehead atoms. The summed E-state index contributed by atoms with van der Waals surface area (Å²) in [5.74, 6) is -0.725. The van der Waals surface area contributed by atoms with Gasteiger partial charge in [-0.05, 0) is 18.2 Å². The van der Waals surface area contributed by atoms with Crippen LogP contribution in [0, 0.1) is 5.82 Å². The van der Waals surface area contributed by atoms with E-state index in [1.54, 1.807) is 30.3 Å². The van der Waals surface area contributed by atoms with E-state index in [2.05, 4.69) is 0 Å². The summed E-state index contributed by atoms with van der Waals surface area (Å²) in [7, 11) is 0. The summed E-state index contributed by atoms with van der Waals surface area (Å²) in [6, 6.07) is 10.9. The van der Waals surface area contributed by atoms with E-state index in [9.17, 15) is 14.3 Å². The third kappa shape index (κ3) is 2.48. The topological polar surface area (TPSA) is 46.5 Å². The van der Waals surface area contributed by atoms with E-state index in [1.807, 2.05) is 0 Å². The van der Waals surface area contributed by atoms with Crippen molar-refractivity contribution in [2.24, 2.45) is 0 Å². The zero-order valence-corrected chi connectivity index (χ0v) is 9.47. The molecule has 0 spiro atoms. The minimum Gasteiger partial charge on any atom is -0.505 e. The minimum absolute atomic E-state index is 0.00551. The fraction of sp³-hybridized carbons (Fsp3) is 0.0714. The van der Waals surface area contributed by atoms with Gasteiger partial charge >= 0.3 is 0 Å². The number of halogens is 1. The molecule has 4 heteroatoms. The van der Waals surface area contributed by atoms with E-state index >= 15 is 0 Å². The number of rotatable bonds is 4. The molecule has 3 nitrogen and oxygen atoms in total. The van der Waals surface area contributed by atoms with Crippen molar-refractivity contribution in [3.8, 4) is 11.5 Å². The van der Waals surface area contributed by atoms with Crippen LogP contribution in [0.1, 0.15) is 15.9 Å². The molecule has 0 saturated heterocycles. The third-order valence-electron chi connectivity index (χ3n) is 2.50. The summed E-state index contributed by atoms with van der Waals surface area (Å²) < 4.78 is 18.5. The predicted molar refractivity (Wildman–Crippen MR) is 64.2 cm³/mol.